The van der Waals surface area contributed by atoms with E-state index in [4.69, 9.17) is 51.6 Å². The number of hydrogen-bond acceptors (Lipinski definition) is 17. The van der Waals surface area contributed by atoms with E-state index in [0.29, 0.717) is 17.6 Å². The highest BCUT2D eigenvalue weighted by Gasteiger charge is 2.42. The number of anilines is 1. The van der Waals surface area contributed by atoms with Crippen LogP contribution in [0.3, 0.4) is 0 Å². The number of nitro groups is 2. The van der Waals surface area contributed by atoms with Crippen molar-refractivity contribution in [1.29, 1.82) is 5.26 Å². The predicted molar refractivity (Wildman–Crippen MR) is 286 cm³/mol. The number of nitriles is 1. The first-order chi connectivity index (χ1) is 37.9. The molecule has 0 aromatic heterocycles. The van der Waals surface area contributed by atoms with Crippen LogP contribution in [0.1, 0.15) is 23.6 Å². The Bertz CT molecular complexity index is 3280. The van der Waals surface area contributed by atoms with Crippen LogP contribution in [0.25, 0.3) is 0 Å². The standard InChI is InChI=1S/C47H52N22O11/c48-17-20-14-27(68(77)78)33(28(15-20)69(79)80)67(18-25-16-24-10-4-8-21-12-13-22-9-5-11-26(25)31(22)30(21)24)29(19-70)39(72)58-32(23-6-2-1-3-7-23)40(73)60-36(64-45(52)53)42(75)62-38(66-47(56)57)43(76)61-37(65-46(54)55)41(74)59-35(34(49)71)63-44(50)51/h1-7,9-16,29,31-32,35-38,70H,8,18-19H2,(H2,49,71)(H,58,72)(H,59,74)(H,60,73)(H,61,76)(H,62,75)(H4,50,51,63)(H4,52,53,64)(H4,54,55,65)(H4,56,57,66). The minimum atomic E-state index is -2.25. The van der Waals surface area contributed by atoms with Crippen molar-refractivity contribution in [2.75, 3.05) is 18.1 Å². The van der Waals surface area contributed by atoms with Crippen molar-refractivity contribution in [3.63, 3.8) is 0 Å². The van der Waals surface area contributed by atoms with E-state index in [1.54, 1.807) is 24.3 Å². The molecule has 0 bridgehead atoms. The van der Waals surface area contributed by atoms with Crippen molar-refractivity contribution in [3.8, 4) is 6.07 Å². The van der Waals surface area contributed by atoms with Crippen LogP contribution in [0, 0.1) is 37.5 Å². The number of allylic oxidation sites excluding steroid dienone is 12. The van der Waals surface area contributed by atoms with Gasteiger partial charge in [0.2, 0.25) is 36.5 Å². The van der Waals surface area contributed by atoms with Crippen molar-refractivity contribution in [2.24, 2.45) is 77.5 Å². The summed E-state index contributed by atoms with van der Waals surface area (Å²) in [6.07, 6.45) is 7.04. The molecule has 80 heavy (non-hydrogen) atoms. The van der Waals surface area contributed by atoms with Crippen LogP contribution in [0.2, 0.25) is 0 Å². The number of carbonyl (C=O) groups is 6. The van der Waals surface area contributed by atoms with Gasteiger partial charge in [-0.3, -0.25) is 49.0 Å². The Kier molecular flexibility index (Phi) is 18.0. The lowest BCUT2D eigenvalue weighted by atomic mass is 9.67. The number of nitrogens with zero attached hydrogens (tertiary/aromatic N) is 8. The summed E-state index contributed by atoms with van der Waals surface area (Å²) >= 11 is 0. The van der Waals surface area contributed by atoms with Crippen molar-refractivity contribution in [1.82, 2.24) is 26.6 Å². The number of hydrogen-bond donors (Lipinski definition) is 15. The number of nitrogens with two attached hydrogens (primary N) is 9. The van der Waals surface area contributed by atoms with Gasteiger partial charge in [-0.15, -0.1) is 0 Å². The van der Waals surface area contributed by atoms with E-state index in [2.05, 4.69) is 35.9 Å². The smallest absolute Gasteiger partial charge is 0.301 e. The molecule has 6 rings (SSSR count). The number of carbonyl (C=O) groups excluding carboxylic acids is 6. The zero-order valence-corrected chi connectivity index (χ0v) is 41.6. The van der Waals surface area contributed by atoms with Gasteiger partial charge in [-0.25, -0.2) is 20.0 Å². The van der Waals surface area contributed by atoms with Gasteiger partial charge in [0.15, 0.2) is 29.5 Å². The summed E-state index contributed by atoms with van der Waals surface area (Å²) in [6, 6.07) is 6.42. The normalized spacial score (nSPS) is 16.5. The number of primary amides is 1. The number of rotatable bonds is 23. The Labute approximate surface area is 451 Å². The zero-order valence-electron chi connectivity index (χ0n) is 41.6. The third kappa shape index (κ3) is 13.5. The number of aliphatic hydroxyl groups is 1. The second-order valence-corrected chi connectivity index (χ2v) is 17.3. The third-order valence-corrected chi connectivity index (χ3v) is 12.0. The SMILES string of the molecule is N#Cc1cc([N+](=O)[O-])c(N(CC2=CC3=C4C(=CC=C5C=CC=C2C54)CC=C3)C(CO)C(=O)NC(C(=O)NC(N=C(N)N)C(=O)NC(N=C(N)N)C(=O)NC(N=C(N)N)C(=O)NC(N=C(N)N)C(N)=O)c2ccccc2)c([N+](=O)[O-])c1. The van der Waals surface area contributed by atoms with Crippen LogP contribution < -0.4 is 83.1 Å². The fourth-order valence-corrected chi connectivity index (χ4v) is 8.71. The number of guanidine groups is 4. The Balaban J connectivity index is 1.37. The monoisotopic (exact) mass is 1100 g/mol. The lowest BCUT2D eigenvalue weighted by Crippen LogP contribution is -2.58. The van der Waals surface area contributed by atoms with Gasteiger partial charge in [-0.1, -0.05) is 72.9 Å². The van der Waals surface area contributed by atoms with Gasteiger partial charge in [0.25, 0.3) is 23.6 Å². The fraction of sp³-hybridized carbons (Fsp3) is 0.213. The molecule has 4 aliphatic rings. The van der Waals surface area contributed by atoms with Crippen LogP contribution >= 0.6 is 0 Å². The van der Waals surface area contributed by atoms with Gasteiger partial charge in [-0.05, 0) is 51.5 Å². The summed E-state index contributed by atoms with van der Waals surface area (Å²) < 4.78 is 0. The molecule has 0 aliphatic heterocycles. The largest absolute Gasteiger partial charge is 0.394 e. The topological polar surface area (TPSA) is 580 Å². The molecule has 0 saturated heterocycles. The number of benzene rings is 2. The molecule has 2 aromatic carbocycles. The average molecular weight is 1100 g/mol. The van der Waals surface area contributed by atoms with Crippen molar-refractivity contribution in [3.05, 3.63) is 156 Å². The molecule has 33 heteroatoms. The van der Waals surface area contributed by atoms with Crippen LogP contribution in [0.5, 0.6) is 0 Å². The molecule has 2 aromatic rings. The predicted octanol–water partition coefficient (Wildman–Crippen LogP) is -5.08. The molecular weight excluding hydrogens is 1050 g/mol. The molecule has 6 amide bonds. The van der Waals surface area contributed by atoms with Gasteiger partial charge in [0, 0.05) is 24.6 Å². The van der Waals surface area contributed by atoms with E-state index in [1.165, 1.54) is 30.3 Å². The molecule has 7 atom stereocenters. The molecule has 0 spiro atoms. The summed E-state index contributed by atoms with van der Waals surface area (Å²) in [7, 11) is 0. The van der Waals surface area contributed by atoms with E-state index < -0.39 is 142 Å². The van der Waals surface area contributed by atoms with Crippen molar-refractivity contribution < 1.29 is 43.7 Å². The maximum atomic E-state index is 15.0. The quantitative estimate of drug-likeness (QED) is 0.0214. The molecule has 416 valence electrons. The molecule has 0 heterocycles. The lowest BCUT2D eigenvalue weighted by Gasteiger charge is -2.40. The summed E-state index contributed by atoms with van der Waals surface area (Å²) in [4.78, 5) is 122. The lowest BCUT2D eigenvalue weighted by molar-refractivity contribution is -0.392. The molecule has 24 N–H and O–H groups in total. The highest BCUT2D eigenvalue weighted by atomic mass is 16.6. The van der Waals surface area contributed by atoms with Gasteiger partial charge >= 0.3 is 11.4 Å². The molecule has 0 saturated carbocycles. The maximum Gasteiger partial charge on any atom is 0.301 e. The number of aliphatic hydroxyl groups excluding tert-OH is 1. The Morgan fingerprint density at radius 1 is 0.700 bits per heavy atom. The Morgan fingerprint density at radius 3 is 1.70 bits per heavy atom. The molecule has 0 radical (unpaired) electrons. The van der Waals surface area contributed by atoms with Crippen LogP contribution in [0.4, 0.5) is 17.1 Å². The fourth-order valence-electron chi connectivity index (χ4n) is 8.71. The van der Waals surface area contributed by atoms with Gasteiger partial charge < -0.3 is 88.2 Å². The van der Waals surface area contributed by atoms with E-state index in [0.717, 1.165) is 39.3 Å². The Morgan fingerprint density at radius 2 is 1.21 bits per heavy atom. The van der Waals surface area contributed by atoms with Crippen molar-refractivity contribution >= 4 is 76.3 Å². The first kappa shape index (κ1) is 57.8. The second-order valence-electron chi connectivity index (χ2n) is 17.3. The molecule has 4 aliphatic carbocycles. The second kappa shape index (κ2) is 24.9. The summed E-state index contributed by atoms with van der Waals surface area (Å²) in [5, 5.41) is 57.6. The summed E-state index contributed by atoms with van der Waals surface area (Å²) in [5.74, 6) is -11.7. The average Bonchev–Trinajstić information content (AvgIpc) is 3.61. The maximum absolute atomic E-state index is 15.0. The minimum Gasteiger partial charge on any atom is -0.394 e. The highest BCUT2D eigenvalue weighted by Crippen LogP contribution is 2.50. The minimum absolute atomic E-state index is 0.0147. The molecule has 33 nitrogen and oxygen atoms in total. The number of nitro benzene ring substituents is 2. The van der Waals surface area contributed by atoms with Crippen LogP contribution in [-0.2, 0) is 28.8 Å². The summed E-state index contributed by atoms with van der Waals surface area (Å²) in [6.45, 7) is -1.74. The van der Waals surface area contributed by atoms with Crippen molar-refractivity contribution in [2.45, 2.75) is 43.2 Å². The van der Waals surface area contributed by atoms with E-state index >= 15 is 0 Å². The Hall–Kier alpha value is -11.4. The van der Waals surface area contributed by atoms with Gasteiger partial charge in [0.1, 0.15) is 12.1 Å². The van der Waals surface area contributed by atoms with Gasteiger partial charge in [-0.2, -0.15) is 5.26 Å². The highest BCUT2D eigenvalue weighted by molar-refractivity contribution is 5.99. The van der Waals surface area contributed by atoms with E-state index in [1.807, 2.05) is 41.0 Å². The summed E-state index contributed by atoms with van der Waals surface area (Å²) in [5.41, 5.74) is 50.6. The molecule has 7 unspecified atom stereocenters. The molecular formula is C47H52N22O11. The van der Waals surface area contributed by atoms with Crippen LogP contribution in [0.15, 0.2) is 144 Å². The zero-order chi connectivity index (χ0) is 58.7. The van der Waals surface area contributed by atoms with Gasteiger partial charge in [0.05, 0.1) is 28.1 Å². The molecule has 0 fully saturated rings. The third-order valence-electron chi connectivity index (χ3n) is 12.0. The van der Waals surface area contributed by atoms with E-state index in [9.17, 15) is 59.4 Å². The van der Waals surface area contributed by atoms with E-state index in [-0.39, 0.29) is 11.5 Å². The number of amides is 6. The number of aliphatic imine (C=N–C) groups is 4. The number of nitrogens with one attached hydrogen (secondary N) is 5. The first-order valence-electron chi connectivity index (χ1n) is 23.3. The first-order valence-corrected chi connectivity index (χ1v) is 23.3. The van der Waals surface area contributed by atoms with Crippen LogP contribution in [-0.4, -0.2) is 118 Å².